The fourth-order valence-electron chi connectivity index (χ4n) is 7.45. The van der Waals surface area contributed by atoms with Crippen molar-refractivity contribution in [2.45, 2.75) is 57.6 Å². The number of ether oxygens (including phenoxy) is 1. The smallest absolute Gasteiger partial charge is 0.246 e. The predicted octanol–water partition coefficient (Wildman–Crippen LogP) is 6.77. The Kier molecular flexibility index (Phi) is 10.9. The van der Waals surface area contributed by atoms with E-state index in [9.17, 15) is 9.59 Å². The number of nitrogens with zero attached hydrogens (tertiary/aromatic N) is 3. The third kappa shape index (κ3) is 6.92. The predicted molar refractivity (Wildman–Crippen MR) is 178 cm³/mol. The molecule has 0 unspecified atom stereocenters. The second-order valence-corrected chi connectivity index (χ2v) is 13.5. The van der Waals surface area contributed by atoms with Crippen LogP contribution >= 0.6 is 63.9 Å². The quantitative estimate of drug-likeness (QED) is 0.253. The number of pyridine rings is 1. The molecule has 2 N–H and O–H groups in total. The fourth-order valence-corrected chi connectivity index (χ4v) is 8.43. The Bertz CT molecular complexity index is 1480. The van der Waals surface area contributed by atoms with Gasteiger partial charge in [0, 0.05) is 29.4 Å². The van der Waals surface area contributed by atoms with E-state index >= 15 is 0 Å². The summed E-state index contributed by atoms with van der Waals surface area (Å²) in [5, 5.41) is 7.11. The van der Waals surface area contributed by atoms with Crippen molar-refractivity contribution in [1.29, 1.82) is 0 Å². The molecule has 4 fully saturated rings. The highest BCUT2D eigenvalue weighted by Crippen LogP contribution is 2.55. The molecule has 0 radical (unpaired) electrons. The lowest BCUT2D eigenvalue weighted by Gasteiger charge is -2.57. The summed E-state index contributed by atoms with van der Waals surface area (Å²) in [6.07, 6.45) is 9.47. The number of fused-ring (bicyclic) bond motifs is 1. The number of hydrogen-bond donors (Lipinski definition) is 2. The topological polar surface area (TPSA) is 88.0 Å². The number of aryl methyl sites for hydroxylation is 1. The number of amides is 2. The molecule has 4 saturated carbocycles. The molecule has 2 heterocycles. The fraction of sp³-hybridized carbons (Fsp3) is 0.500. The van der Waals surface area contributed by atoms with Crippen LogP contribution in [0.15, 0.2) is 35.1 Å². The number of hydrogen-bond acceptors (Lipinski definition) is 5. The van der Waals surface area contributed by atoms with Crippen LogP contribution in [0.5, 0.6) is 5.75 Å². The molecule has 3 aromatic rings. The average Bonchev–Trinajstić information content (AvgIpc) is 3.23. The van der Waals surface area contributed by atoms with Crippen molar-refractivity contribution in [2.75, 3.05) is 25.0 Å². The number of nitrogens with one attached hydrogen (secondary N) is 2. The Labute approximate surface area is 282 Å². The SMILES string of the molecule is Cc1nc2c(OCc3c(Cl)ccc(N(C)C(=O)CNC(=O)CNC45CC6CC(CC(C6)C4)C5)c3Cl)cccn2c1Br.Cl.Cl. The van der Waals surface area contributed by atoms with Gasteiger partial charge >= 0.3 is 0 Å². The van der Waals surface area contributed by atoms with Gasteiger partial charge in [-0.3, -0.25) is 14.0 Å². The second kappa shape index (κ2) is 13.7. The van der Waals surface area contributed by atoms with E-state index in [0.717, 1.165) is 28.1 Å². The molecule has 2 aromatic heterocycles. The number of carbonyl (C=O) groups is 2. The molecule has 0 atom stereocenters. The maximum absolute atomic E-state index is 13.0. The molecule has 13 heteroatoms. The lowest BCUT2D eigenvalue weighted by Crippen LogP contribution is -2.60. The lowest BCUT2D eigenvalue weighted by molar-refractivity contribution is -0.125. The van der Waals surface area contributed by atoms with E-state index in [4.69, 9.17) is 27.9 Å². The van der Waals surface area contributed by atoms with Gasteiger partial charge in [-0.2, -0.15) is 0 Å². The molecule has 7 rings (SSSR count). The standard InChI is InChI=1S/C30H34BrCl2N5O3.2ClH/c1-17-28(31)38-7-3-4-24(29(38)36-17)41-16-21-22(32)5-6-23(27(21)33)37(2)26(40)15-34-25(39)14-35-30-11-18-8-19(12-30)10-20(9-18)13-30;;/h3-7,18-20,35H,8-16H2,1-2H3,(H,34,39);2*1H. The minimum atomic E-state index is -0.285. The van der Waals surface area contributed by atoms with Crippen LogP contribution in [0.2, 0.25) is 10.0 Å². The first-order valence-corrected chi connectivity index (χ1v) is 15.7. The molecule has 2 amide bonds. The van der Waals surface area contributed by atoms with E-state index in [1.165, 1.54) is 43.4 Å². The van der Waals surface area contributed by atoms with Crippen LogP contribution in [0.4, 0.5) is 5.69 Å². The van der Waals surface area contributed by atoms with Gasteiger partial charge in [0.15, 0.2) is 11.4 Å². The Morgan fingerprint density at radius 1 is 1.09 bits per heavy atom. The third-order valence-corrected chi connectivity index (χ3v) is 10.8. The highest BCUT2D eigenvalue weighted by molar-refractivity contribution is 9.10. The largest absolute Gasteiger partial charge is 0.485 e. The number of imidazole rings is 1. The first-order valence-electron chi connectivity index (χ1n) is 14.1. The van der Waals surface area contributed by atoms with Crippen LogP contribution in [0.3, 0.4) is 0 Å². The van der Waals surface area contributed by atoms with Gasteiger partial charge in [-0.25, -0.2) is 4.98 Å². The molecule has 234 valence electrons. The van der Waals surface area contributed by atoms with Gasteiger partial charge in [-0.1, -0.05) is 23.2 Å². The van der Waals surface area contributed by atoms with Gasteiger partial charge in [0.05, 0.1) is 29.5 Å². The summed E-state index contributed by atoms with van der Waals surface area (Å²) >= 11 is 16.8. The van der Waals surface area contributed by atoms with Crippen LogP contribution < -0.4 is 20.3 Å². The summed E-state index contributed by atoms with van der Waals surface area (Å²) in [6.45, 7) is 2.10. The summed E-state index contributed by atoms with van der Waals surface area (Å²) in [5.74, 6) is 2.53. The third-order valence-electron chi connectivity index (χ3n) is 9.09. The maximum Gasteiger partial charge on any atom is 0.246 e. The number of rotatable bonds is 9. The van der Waals surface area contributed by atoms with Gasteiger partial charge in [-0.05, 0) is 103 Å². The molecule has 0 spiro atoms. The van der Waals surface area contributed by atoms with Crippen LogP contribution in [-0.4, -0.2) is 46.9 Å². The normalized spacial score (nSPS) is 23.4. The van der Waals surface area contributed by atoms with E-state index < -0.39 is 0 Å². The molecule has 43 heavy (non-hydrogen) atoms. The zero-order chi connectivity index (χ0) is 28.9. The number of halogens is 5. The molecule has 0 aliphatic heterocycles. The number of benzene rings is 1. The molecular weight excluding hydrogens is 700 g/mol. The van der Waals surface area contributed by atoms with Crippen molar-refractivity contribution in [3.8, 4) is 5.75 Å². The zero-order valence-corrected chi connectivity index (χ0v) is 28.7. The van der Waals surface area contributed by atoms with E-state index in [1.54, 1.807) is 19.2 Å². The summed E-state index contributed by atoms with van der Waals surface area (Å²) < 4.78 is 8.83. The van der Waals surface area contributed by atoms with Gasteiger partial charge in [-0.15, -0.1) is 24.8 Å². The second-order valence-electron chi connectivity index (χ2n) is 12.0. The summed E-state index contributed by atoms with van der Waals surface area (Å²) in [4.78, 5) is 31.7. The van der Waals surface area contributed by atoms with Crippen molar-refractivity contribution in [2.24, 2.45) is 17.8 Å². The van der Waals surface area contributed by atoms with Gasteiger partial charge in [0.1, 0.15) is 11.2 Å². The maximum atomic E-state index is 13.0. The number of likely N-dealkylation sites (N-methyl/N-ethyl adjacent to an activating group) is 1. The first-order chi connectivity index (χ1) is 19.6. The Morgan fingerprint density at radius 2 is 1.74 bits per heavy atom. The molecule has 4 aliphatic carbocycles. The summed E-state index contributed by atoms with van der Waals surface area (Å²) in [7, 11) is 1.63. The van der Waals surface area contributed by atoms with E-state index in [2.05, 4.69) is 31.5 Å². The Morgan fingerprint density at radius 3 is 2.40 bits per heavy atom. The molecule has 4 aliphatic rings. The zero-order valence-electron chi connectivity index (χ0n) is 24.0. The van der Waals surface area contributed by atoms with Crippen LogP contribution in [0.25, 0.3) is 5.65 Å². The Balaban J connectivity index is 0.00000212. The first kappa shape index (κ1) is 34.1. The Hall–Kier alpha value is -1.75. The van der Waals surface area contributed by atoms with E-state index in [-0.39, 0.29) is 61.9 Å². The minimum Gasteiger partial charge on any atom is -0.485 e. The number of carbonyl (C=O) groups excluding carboxylic acids is 2. The van der Waals surface area contributed by atoms with Crippen LogP contribution in [0, 0.1) is 24.7 Å². The van der Waals surface area contributed by atoms with Crippen molar-refractivity contribution >= 4 is 87.1 Å². The van der Waals surface area contributed by atoms with Gasteiger partial charge in [0.2, 0.25) is 11.8 Å². The number of aromatic nitrogens is 2. The summed E-state index contributed by atoms with van der Waals surface area (Å²) in [5.41, 5.74) is 2.65. The van der Waals surface area contributed by atoms with Crippen molar-refractivity contribution < 1.29 is 14.3 Å². The van der Waals surface area contributed by atoms with Crippen LogP contribution in [-0.2, 0) is 16.2 Å². The number of anilines is 1. The highest BCUT2D eigenvalue weighted by Gasteiger charge is 2.50. The molecular formula is C30H36BrCl4N5O3. The molecule has 4 bridgehead atoms. The van der Waals surface area contributed by atoms with Gasteiger partial charge in [0.25, 0.3) is 0 Å². The van der Waals surface area contributed by atoms with E-state index in [0.29, 0.717) is 32.7 Å². The molecule has 0 saturated heterocycles. The monoisotopic (exact) mass is 733 g/mol. The average molecular weight is 736 g/mol. The van der Waals surface area contributed by atoms with Crippen LogP contribution in [0.1, 0.15) is 49.8 Å². The highest BCUT2D eigenvalue weighted by atomic mass is 79.9. The minimum absolute atomic E-state index is 0. The van der Waals surface area contributed by atoms with Crippen molar-refractivity contribution in [3.63, 3.8) is 0 Å². The van der Waals surface area contributed by atoms with Crippen molar-refractivity contribution in [3.05, 3.63) is 56.4 Å². The lowest BCUT2D eigenvalue weighted by atomic mass is 9.53. The molecule has 8 nitrogen and oxygen atoms in total. The van der Waals surface area contributed by atoms with Gasteiger partial charge < -0.3 is 20.3 Å². The molecule has 1 aromatic carbocycles. The summed E-state index contributed by atoms with van der Waals surface area (Å²) in [6, 6.07) is 7.08. The van der Waals surface area contributed by atoms with Crippen molar-refractivity contribution in [1.82, 2.24) is 20.0 Å². The van der Waals surface area contributed by atoms with E-state index in [1.807, 2.05) is 29.7 Å².